The van der Waals surface area contributed by atoms with Crippen LogP contribution in [0.3, 0.4) is 0 Å². The van der Waals surface area contributed by atoms with Gasteiger partial charge in [-0.05, 0) is 62.8 Å². The van der Waals surface area contributed by atoms with Crippen LogP contribution in [0, 0.1) is 17.8 Å². The smallest absolute Gasteiger partial charge is 0.0198 e. The first-order chi connectivity index (χ1) is 9.80. The molecule has 3 fully saturated rings. The third-order valence-electron chi connectivity index (χ3n) is 6.12. The first-order valence-corrected chi connectivity index (χ1v) is 9.27. The van der Waals surface area contributed by atoms with E-state index in [4.69, 9.17) is 0 Å². The Morgan fingerprint density at radius 2 is 1.85 bits per heavy atom. The van der Waals surface area contributed by atoms with Gasteiger partial charge < -0.3 is 5.32 Å². The summed E-state index contributed by atoms with van der Waals surface area (Å²) in [6.45, 7) is 8.77. The lowest BCUT2D eigenvalue weighted by Crippen LogP contribution is -2.55. The van der Waals surface area contributed by atoms with Crippen LogP contribution in [0.4, 0.5) is 0 Å². The Labute approximate surface area is 125 Å². The molecular formula is C18H34N2. The predicted octanol–water partition coefficient (Wildman–Crippen LogP) is 3.67. The van der Waals surface area contributed by atoms with Gasteiger partial charge in [-0.2, -0.15) is 0 Å². The second-order valence-electron chi connectivity index (χ2n) is 7.68. The van der Waals surface area contributed by atoms with Crippen LogP contribution < -0.4 is 5.32 Å². The minimum absolute atomic E-state index is 0.767. The fraction of sp³-hybridized carbons (Fsp3) is 1.00. The van der Waals surface area contributed by atoms with Crippen molar-refractivity contribution in [2.24, 2.45) is 17.8 Å². The van der Waals surface area contributed by atoms with Gasteiger partial charge in [0.25, 0.3) is 0 Å². The molecule has 2 saturated carbocycles. The normalized spacial score (nSPS) is 33.9. The molecule has 0 aromatic carbocycles. The van der Waals surface area contributed by atoms with Crippen molar-refractivity contribution in [1.82, 2.24) is 10.2 Å². The van der Waals surface area contributed by atoms with E-state index >= 15 is 0 Å². The maximum Gasteiger partial charge on any atom is 0.0198 e. The molecule has 3 atom stereocenters. The molecule has 2 heteroatoms. The zero-order valence-electron chi connectivity index (χ0n) is 13.6. The van der Waals surface area contributed by atoms with Crippen LogP contribution in [0.2, 0.25) is 0 Å². The summed E-state index contributed by atoms with van der Waals surface area (Å²) in [7, 11) is 0. The molecule has 3 unspecified atom stereocenters. The van der Waals surface area contributed by atoms with Crippen LogP contribution in [0.1, 0.15) is 65.2 Å². The molecule has 1 N–H and O–H groups in total. The van der Waals surface area contributed by atoms with Gasteiger partial charge in [0, 0.05) is 25.2 Å². The summed E-state index contributed by atoms with van der Waals surface area (Å²) >= 11 is 0. The third-order valence-corrected chi connectivity index (χ3v) is 6.12. The average molecular weight is 278 g/mol. The van der Waals surface area contributed by atoms with E-state index < -0.39 is 0 Å². The van der Waals surface area contributed by atoms with E-state index in [1.54, 1.807) is 0 Å². The van der Waals surface area contributed by atoms with Crippen LogP contribution in [-0.2, 0) is 0 Å². The van der Waals surface area contributed by atoms with Gasteiger partial charge in [0.05, 0.1) is 0 Å². The monoisotopic (exact) mass is 278 g/mol. The van der Waals surface area contributed by atoms with Crippen LogP contribution in [0.15, 0.2) is 0 Å². The summed E-state index contributed by atoms with van der Waals surface area (Å²) < 4.78 is 0. The zero-order valence-corrected chi connectivity index (χ0v) is 13.6. The molecular weight excluding hydrogens is 244 g/mol. The molecule has 2 nitrogen and oxygen atoms in total. The number of nitrogens with zero attached hydrogens (tertiary/aromatic N) is 1. The third kappa shape index (κ3) is 3.57. The highest BCUT2D eigenvalue weighted by Crippen LogP contribution is 2.36. The molecule has 0 spiro atoms. The van der Waals surface area contributed by atoms with Gasteiger partial charge in [-0.15, -0.1) is 0 Å². The lowest BCUT2D eigenvalue weighted by molar-refractivity contribution is 0.0392. The molecule has 3 aliphatic rings. The van der Waals surface area contributed by atoms with E-state index in [1.807, 2.05) is 0 Å². The van der Waals surface area contributed by atoms with Crippen molar-refractivity contribution in [3.05, 3.63) is 0 Å². The van der Waals surface area contributed by atoms with Crippen molar-refractivity contribution in [2.45, 2.75) is 77.3 Å². The first-order valence-electron chi connectivity index (χ1n) is 9.27. The highest BCUT2D eigenvalue weighted by Gasteiger charge is 2.35. The van der Waals surface area contributed by atoms with E-state index in [2.05, 4.69) is 24.1 Å². The van der Waals surface area contributed by atoms with Crippen molar-refractivity contribution in [3.63, 3.8) is 0 Å². The SMILES string of the molecule is CCC1CC(NCC2CC2)CN(C(CC)C2CCC2)C1. The number of piperidine rings is 1. The van der Waals surface area contributed by atoms with E-state index in [-0.39, 0.29) is 0 Å². The van der Waals surface area contributed by atoms with E-state index in [1.165, 1.54) is 71.0 Å². The van der Waals surface area contributed by atoms with Gasteiger partial charge in [0.1, 0.15) is 0 Å². The number of hydrogen-bond acceptors (Lipinski definition) is 2. The number of likely N-dealkylation sites (tertiary alicyclic amines) is 1. The summed E-state index contributed by atoms with van der Waals surface area (Å²) in [6, 6.07) is 1.65. The van der Waals surface area contributed by atoms with Crippen LogP contribution >= 0.6 is 0 Å². The minimum atomic E-state index is 0.767. The van der Waals surface area contributed by atoms with Crippen molar-refractivity contribution in [1.29, 1.82) is 0 Å². The second kappa shape index (κ2) is 6.79. The lowest BCUT2D eigenvalue weighted by Gasteiger charge is -2.47. The minimum Gasteiger partial charge on any atom is -0.312 e. The quantitative estimate of drug-likeness (QED) is 0.764. The fourth-order valence-electron chi connectivity index (χ4n) is 4.32. The summed E-state index contributed by atoms with van der Waals surface area (Å²) in [5.41, 5.74) is 0. The van der Waals surface area contributed by atoms with Crippen LogP contribution in [0.25, 0.3) is 0 Å². The summed E-state index contributed by atoms with van der Waals surface area (Å²) in [5, 5.41) is 3.89. The van der Waals surface area contributed by atoms with Gasteiger partial charge >= 0.3 is 0 Å². The van der Waals surface area contributed by atoms with Gasteiger partial charge in [-0.25, -0.2) is 0 Å². The molecule has 0 aromatic rings. The van der Waals surface area contributed by atoms with Gasteiger partial charge in [0.15, 0.2) is 0 Å². The number of nitrogens with one attached hydrogen (secondary N) is 1. The molecule has 1 aliphatic heterocycles. The molecule has 0 radical (unpaired) electrons. The van der Waals surface area contributed by atoms with E-state index in [0.29, 0.717) is 0 Å². The molecule has 0 bridgehead atoms. The molecule has 20 heavy (non-hydrogen) atoms. The van der Waals surface area contributed by atoms with Crippen molar-refractivity contribution in [2.75, 3.05) is 19.6 Å². The molecule has 1 heterocycles. The highest BCUT2D eigenvalue weighted by atomic mass is 15.2. The Morgan fingerprint density at radius 1 is 1.05 bits per heavy atom. The first kappa shape index (κ1) is 14.8. The van der Waals surface area contributed by atoms with Crippen LogP contribution in [0.5, 0.6) is 0 Å². The summed E-state index contributed by atoms with van der Waals surface area (Å²) in [6.07, 6.45) is 11.5. The van der Waals surface area contributed by atoms with Gasteiger partial charge in [-0.3, -0.25) is 4.90 Å². The zero-order chi connectivity index (χ0) is 13.9. The number of hydrogen-bond donors (Lipinski definition) is 1. The number of rotatable bonds is 7. The topological polar surface area (TPSA) is 15.3 Å². The summed E-state index contributed by atoms with van der Waals surface area (Å²) in [5.74, 6) is 2.95. The van der Waals surface area contributed by atoms with E-state index in [9.17, 15) is 0 Å². The molecule has 0 amide bonds. The lowest BCUT2D eigenvalue weighted by atomic mass is 9.77. The Kier molecular flexibility index (Phi) is 5.04. The fourth-order valence-corrected chi connectivity index (χ4v) is 4.32. The van der Waals surface area contributed by atoms with Gasteiger partial charge in [0.2, 0.25) is 0 Å². The molecule has 116 valence electrons. The Hall–Kier alpha value is -0.0800. The molecule has 3 rings (SSSR count). The van der Waals surface area contributed by atoms with Crippen molar-refractivity contribution >= 4 is 0 Å². The molecule has 1 saturated heterocycles. The van der Waals surface area contributed by atoms with E-state index in [0.717, 1.165) is 29.8 Å². The predicted molar refractivity (Wildman–Crippen MR) is 85.9 cm³/mol. The maximum absolute atomic E-state index is 3.89. The van der Waals surface area contributed by atoms with Crippen molar-refractivity contribution in [3.8, 4) is 0 Å². The standard InChI is InChI=1S/C18H34N2/c1-3-14-10-17(19-11-15-8-9-15)13-20(12-14)18(4-2)16-6-5-7-16/h14-19H,3-13H2,1-2H3. The molecule has 0 aromatic heterocycles. The summed E-state index contributed by atoms with van der Waals surface area (Å²) in [4.78, 5) is 2.87. The Balaban J connectivity index is 1.56. The van der Waals surface area contributed by atoms with Crippen molar-refractivity contribution < 1.29 is 0 Å². The van der Waals surface area contributed by atoms with Gasteiger partial charge in [-0.1, -0.05) is 26.7 Å². The largest absolute Gasteiger partial charge is 0.312 e. The Morgan fingerprint density at radius 3 is 2.40 bits per heavy atom. The molecule has 2 aliphatic carbocycles. The average Bonchev–Trinajstić information content (AvgIpc) is 3.24. The Bertz CT molecular complexity index is 296. The maximum atomic E-state index is 3.89. The highest BCUT2D eigenvalue weighted by molar-refractivity contribution is 4.91. The second-order valence-corrected chi connectivity index (χ2v) is 7.68. The van der Waals surface area contributed by atoms with Crippen LogP contribution in [-0.4, -0.2) is 36.6 Å².